The fourth-order valence-corrected chi connectivity index (χ4v) is 3.10. The van der Waals surface area contributed by atoms with Gasteiger partial charge < -0.3 is 20.3 Å². The number of nitrogens with zero attached hydrogens (tertiary/aromatic N) is 7. The van der Waals surface area contributed by atoms with Crippen LogP contribution in [-0.4, -0.2) is 70.2 Å². The van der Waals surface area contributed by atoms with Crippen molar-refractivity contribution >= 4 is 23.8 Å². The van der Waals surface area contributed by atoms with Crippen molar-refractivity contribution in [1.82, 2.24) is 19.9 Å². The second-order valence-electron chi connectivity index (χ2n) is 6.79. The van der Waals surface area contributed by atoms with Crippen molar-refractivity contribution in [1.29, 1.82) is 0 Å². The molecule has 0 aliphatic carbocycles. The summed E-state index contributed by atoms with van der Waals surface area (Å²) in [6.45, 7) is 3.99. The summed E-state index contributed by atoms with van der Waals surface area (Å²) in [5.74, 6) is 2.12. The van der Waals surface area contributed by atoms with Gasteiger partial charge in [0.1, 0.15) is 0 Å². The van der Waals surface area contributed by atoms with Gasteiger partial charge in [-0.05, 0) is 6.92 Å². The molecule has 2 aliphatic rings. The summed E-state index contributed by atoms with van der Waals surface area (Å²) < 4.78 is 4.91. The van der Waals surface area contributed by atoms with Gasteiger partial charge in [0, 0.05) is 51.9 Å². The number of anilines is 2. The lowest BCUT2D eigenvalue weighted by atomic mass is 10.0. The standard InChI is InChI=1S/C18H24N8O3/c1-3-5-7-18(23-24-18)8-6-13(27)25-9-11-26(12-10-25)17-21-14(15(28)29-4-2)20-16(19)22-17/h1H,4-12H2,2H3,(H2,19,20,21,22). The Labute approximate surface area is 168 Å². The molecule has 1 fully saturated rings. The second-order valence-corrected chi connectivity index (χ2v) is 6.79. The van der Waals surface area contributed by atoms with Crippen molar-refractivity contribution in [3.05, 3.63) is 5.82 Å². The molecule has 0 saturated carbocycles. The molecule has 1 saturated heterocycles. The summed E-state index contributed by atoms with van der Waals surface area (Å²) in [7, 11) is 0. The predicted molar refractivity (Wildman–Crippen MR) is 104 cm³/mol. The molecule has 29 heavy (non-hydrogen) atoms. The molecule has 0 spiro atoms. The summed E-state index contributed by atoms with van der Waals surface area (Å²) in [6.07, 6.45) is 7.54. The van der Waals surface area contributed by atoms with E-state index in [2.05, 4.69) is 31.1 Å². The van der Waals surface area contributed by atoms with E-state index in [0.717, 1.165) is 0 Å². The number of hydrogen-bond donors (Lipinski definition) is 1. The Morgan fingerprint density at radius 2 is 1.90 bits per heavy atom. The second kappa shape index (κ2) is 8.81. The van der Waals surface area contributed by atoms with Gasteiger partial charge in [-0.3, -0.25) is 4.79 Å². The molecule has 0 atom stereocenters. The molecule has 0 aromatic carbocycles. The zero-order chi connectivity index (χ0) is 20.9. The van der Waals surface area contributed by atoms with Crippen LogP contribution in [-0.2, 0) is 9.53 Å². The van der Waals surface area contributed by atoms with Crippen LogP contribution in [0.3, 0.4) is 0 Å². The Morgan fingerprint density at radius 1 is 1.17 bits per heavy atom. The molecule has 0 bridgehead atoms. The van der Waals surface area contributed by atoms with Crippen LogP contribution >= 0.6 is 0 Å². The van der Waals surface area contributed by atoms with Gasteiger partial charge >= 0.3 is 5.97 Å². The van der Waals surface area contributed by atoms with Gasteiger partial charge in [-0.1, -0.05) is 0 Å². The van der Waals surface area contributed by atoms with Gasteiger partial charge in [-0.25, -0.2) is 4.79 Å². The first-order valence-electron chi connectivity index (χ1n) is 9.55. The van der Waals surface area contributed by atoms with Crippen LogP contribution in [0.15, 0.2) is 10.2 Å². The number of nitrogen functional groups attached to an aromatic ring is 1. The molecular weight excluding hydrogens is 376 g/mol. The van der Waals surface area contributed by atoms with Gasteiger partial charge in [0.15, 0.2) is 5.66 Å². The highest BCUT2D eigenvalue weighted by Crippen LogP contribution is 2.37. The fraction of sp³-hybridized carbons (Fsp3) is 0.611. The SMILES string of the molecule is C#CCCC1(CCC(=O)N2CCN(c3nc(N)nc(C(=O)OCC)n3)CC2)N=N1. The molecule has 1 aromatic heterocycles. The summed E-state index contributed by atoms with van der Waals surface area (Å²) in [4.78, 5) is 40.1. The van der Waals surface area contributed by atoms with Crippen LogP contribution in [0, 0.1) is 12.3 Å². The minimum absolute atomic E-state index is 0.0502. The topological polar surface area (TPSA) is 139 Å². The number of aromatic nitrogens is 3. The van der Waals surface area contributed by atoms with Crippen molar-refractivity contribution in [2.45, 2.75) is 38.3 Å². The Bertz CT molecular complexity index is 836. The molecule has 3 heterocycles. The minimum atomic E-state index is -0.647. The lowest BCUT2D eigenvalue weighted by Crippen LogP contribution is -2.49. The molecule has 3 rings (SSSR count). The van der Waals surface area contributed by atoms with Crippen molar-refractivity contribution < 1.29 is 14.3 Å². The first-order valence-corrected chi connectivity index (χ1v) is 9.55. The lowest BCUT2D eigenvalue weighted by Gasteiger charge is -2.35. The Kier molecular flexibility index (Phi) is 6.21. The average molecular weight is 400 g/mol. The molecule has 2 aliphatic heterocycles. The third kappa shape index (κ3) is 5.16. The van der Waals surface area contributed by atoms with Crippen LogP contribution in [0.25, 0.3) is 0 Å². The molecule has 154 valence electrons. The fourth-order valence-electron chi connectivity index (χ4n) is 3.10. The van der Waals surface area contributed by atoms with Gasteiger partial charge in [0.05, 0.1) is 6.61 Å². The number of ether oxygens (including phenoxy) is 1. The Morgan fingerprint density at radius 3 is 2.52 bits per heavy atom. The van der Waals surface area contributed by atoms with Crippen LogP contribution in [0.5, 0.6) is 0 Å². The predicted octanol–water partition coefficient (Wildman–Crippen LogP) is 0.635. The average Bonchev–Trinajstić information content (AvgIpc) is 3.50. The molecule has 11 nitrogen and oxygen atoms in total. The van der Waals surface area contributed by atoms with Gasteiger partial charge in [-0.15, -0.1) is 12.3 Å². The Hall–Kier alpha value is -3.29. The normalized spacial score (nSPS) is 17.0. The number of carbonyl (C=O) groups excluding carboxylic acids is 2. The van der Waals surface area contributed by atoms with Gasteiger partial charge in [0.25, 0.3) is 0 Å². The summed E-state index contributed by atoms with van der Waals surface area (Å²) in [5, 5.41) is 8.12. The van der Waals surface area contributed by atoms with Crippen LogP contribution in [0.2, 0.25) is 0 Å². The summed E-state index contributed by atoms with van der Waals surface area (Å²) in [6, 6.07) is 0. The minimum Gasteiger partial charge on any atom is -0.460 e. The van der Waals surface area contributed by atoms with Gasteiger partial charge in [0.2, 0.25) is 23.6 Å². The third-order valence-electron chi connectivity index (χ3n) is 4.81. The van der Waals surface area contributed by atoms with Crippen molar-refractivity contribution in [2.24, 2.45) is 10.2 Å². The van der Waals surface area contributed by atoms with Crippen molar-refractivity contribution in [2.75, 3.05) is 43.4 Å². The van der Waals surface area contributed by atoms with Crippen LogP contribution < -0.4 is 10.6 Å². The summed E-state index contributed by atoms with van der Waals surface area (Å²) in [5.41, 5.74) is 5.26. The smallest absolute Gasteiger partial charge is 0.376 e. The van der Waals surface area contributed by atoms with E-state index >= 15 is 0 Å². The number of piperazine rings is 1. The maximum absolute atomic E-state index is 12.5. The van der Waals surface area contributed by atoms with Crippen LogP contribution in [0.1, 0.15) is 43.2 Å². The number of rotatable bonds is 8. The van der Waals surface area contributed by atoms with E-state index in [-0.39, 0.29) is 24.3 Å². The summed E-state index contributed by atoms with van der Waals surface area (Å²) >= 11 is 0. The first kappa shape index (κ1) is 20.4. The van der Waals surface area contributed by atoms with E-state index in [0.29, 0.717) is 57.8 Å². The molecule has 0 radical (unpaired) electrons. The van der Waals surface area contributed by atoms with Crippen molar-refractivity contribution in [3.63, 3.8) is 0 Å². The number of nitrogens with two attached hydrogens (primary N) is 1. The third-order valence-corrected chi connectivity index (χ3v) is 4.81. The Balaban J connectivity index is 1.52. The van der Waals surface area contributed by atoms with E-state index in [1.54, 1.807) is 11.8 Å². The van der Waals surface area contributed by atoms with Gasteiger partial charge in [-0.2, -0.15) is 25.2 Å². The van der Waals surface area contributed by atoms with E-state index in [1.165, 1.54) is 0 Å². The number of hydrogen-bond acceptors (Lipinski definition) is 10. The highest BCUT2D eigenvalue weighted by Gasteiger charge is 2.39. The quantitative estimate of drug-likeness (QED) is 0.495. The highest BCUT2D eigenvalue weighted by atomic mass is 16.5. The van der Waals surface area contributed by atoms with E-state index < -0.39 is 11.6 Å². The first-order chi connectivity index (χ1) is 14.0. The molecule has 1 amide bonds. The van der Waals surface area contributed by atoms with Crippen LogP contribution in [0.4, 0.5) is 11.9 Å². The number of carbonyl (C=O) groups is 2. The molecular formula is C18H24N8O3. The number of amides is 1. The van der Waals surface area contributed by atoms with E-state index in [4.69, 9.17) is 16.9 Å². The molecule has 1 aromatic rings. The number of esters is 1. The highest BCUT2D eigenvalue weighted by molar-refractivity contribution is 5.85. The monoisotopic (exact) mass is 400 g/mol. The largest absolute Gasteiger partial charge is 0.460 e. The molecule has 0 unspecified atom stereocenters. The van der Waals surface area contributed by atoms with Crippen molar-refractivity contribution in [3.8, 4) is 12.3 Å². The van der Waals surface area contributed by atoms with E-state index in [9.17, 15) is 9.59 Å². The molecule has 11 heteroatoms. The maximum atomic E-state index is 12.5. The van der Waals surface area contributed by atoms with E-state index in [1.807, 2.05) is 4.90 Å². The zero-order valence-corrected chi connectivity index (χ0v) is 16.4. The number of terminal acetylenes is 1. The molecule has 2 N–H and O–H groups in total. The lowest BCUT2D eigenvalue weighted by molar-refractivity contribution is -0.131. The maximum Gasteiger partial charge on any atom is 0.376 e. The zero-order valence-electron chi connectivity index (χ0n) is 16.4.